The first-order valence-corrected chi connectivity index (χ1v) is 23.1. The third-order valence-electron chi connectivity index (χ3n) is 10.6. The van der Waals surface area contributed by atoms with Gasteiger partial charge in [-0.25, -0.2) is 9.59 Å². The van der Waals surface area contributed by atoms with Gasteiger partial charge in [0.15, 0.2) is 0 Å². The fraction of sp³-hybridized carbons (Fsp3) is 0.750. The number of halogens is 1. The van der Waals surface area contributed by atoms with Crippen LogP contribution in [-0.4, -0.2) is 103 Å². The molecule has 0 fully saturated rings. The van der Waals surface area contributed by atoms with Crippen molar-refractivity contribution in [2.75, 3.05) is 40.3 Å². The van der Waals surface area contributed by atoms with Gasteiger partial charge in [0.2, 0.25) is 11.8 Å². The van der Waals surface area contributed by atoms with Crippen LogP contribution in [0.15, 0.2) is 49.6 Å². The molecule has 0 saturated carbocycles. The number of hydrogen-bond donors (Lipinski definition) is 4. The van der Waals surface area contributed by atoms with Gasteiger partial charge in [-0.3, -0.25) is 9.59 Å². The largest absolute Gasteiger partial charge is 1.00 e. The van der Waals surface area contributed by atoms with Gasteiger partial charge in [-0.15, -0.1) is 0 Å². The Morgan fingerprint density at radius 2 is 0.933 bits per heavy atom. The maximum atomic E-state index is 12.4. The van der Waals surface area contributed by atoms with Crippen molar-refractivity contribution in [1.29, 1.82) is 0 Å². The van der Waals surface area contributed by atoms with Crippen LogP contribution < -0.4 is 34.6 Å². The average Bonchev–Trinajstić information content (AvgIpc) is 3.20. The van der Waals surface area contributed by atoms with Crippen molar-refractivity contribution in [3.05, 3.63) is 49.6 Å². The molecule has 0 aromatic heterocycles. The Bertz CT molecular complexity index is 1110. The van der Waals surface area contributed by atoms with Crippen molar-refractivity contribution in [3.63, 3.8) is 0 Å². The quantitative estimate of drug-likeness (QED) is 0.0152. The Balaban J connectivity index is 0. The Morgan fingerprint density at radius 1 is 0.567 bits per heavy atom. The minimum absolute atomic E-state index is 0. The predicted molar refractivity (Wildman–Crippen MR) is 240 cm³/mol. The van der Waals surface area contributed by atoms with Crippen molar-refractivity contribution in [3.8, 4) is 0 Å². The van der Waals surface area contributed by atoms with Crippen molar-refractivity contribution < 1.29 is 67.3 Å². The van der Waals surface area contributed by atoms with Crippen LogP contribution in [0, 0.1) is 0 Å². The first kappa shape index (κ1) is 59.5. The molecule has 0 aromatic carbocycles. The lowest BCUT2D eigenvalue weighted by molar-refractivity contribution is -0.887. The Labute approximate surface area is 382 Å². The molecule has 11 nitrogen and oxygen atoms in total. The smallest absolute Gasteiger partial charge is 0.330 e. The molecule has 0 aliphatic rings. The SMILES string of the molecule is C=CC(=O)OC(CCCCC)C(O)C/C=C/CCCCCCCC(=O)NCC[N+](C)(C)CCNC(=O)CCCCCCC/C=C/CC(O)C(CCCCC)OC(=O)C=C.[I-]. The van der Waals surface area contributed by atoms with Gasteiger partial charge in [-0.05, 0) is 77.0 Å². The number of carbonyl (C=O) groups is 4. The highest BCUT2D eigenvalue weighted by atomic mass is 127. The van der Waals surface area contributed by atoms with Crippen molar-refractivity contribution in [2.45, 2.75) is 192 Å². The van der Waals surface area contributed by atoms with Crippen LogP contribution in [0.2, 0.25) is 0 Å². The molecule has 0 rings (SSSR count). The second-order valence-electron chi connectivity index (χ2n) is 16.6. The first-order valence-electron chi connectivity index (χ1n) is 23.1. The summed E-state index contributed by atoms with van der Waals surface area (Å²) in [7, 11) is 4.23. The monoisotopic (exact) mass is 960 g/mol. The van der Waals surface area contributed by atoms with Crippen molar-refractivity contribution >= 4 is 23.8 Å². The number of unbranched alkanes of at least 4 members (excludes halogenated alkanes) is 14. The number of aliphatic hydroxyl groups is 2. The highest BCUT2D eigenvalue weighted by Crippen LogP contribution is 2.17. The third kappa shape index (κ3) is 36.1. The van der Waals surface area contributed by atoms with E-state index in [0.717, 1.165) is 141 Å². The van der Waals surface area contributed by atoms with Gasteiger partial charge in [0.05, 0.1) is 52.5 Å². The number of nitrogens with zero attached hydrogens (tertiary/aromatic N) is 1. The molecule has 60 heavy (non-hydrogen) atoms. The van der Waals surface area contributed by atoms with E-state index in [9.17, 15) is 29.4 Å². The molecule has 0 aliphatic heterocycles. The van der Waals surface area contributed by atoms with Crippen molar-refractivity contribution in [1.82, 2.24) is 10.6 Å². The van der Waals surface area contributed by atoms with E-state index in [4.69, 9.17) is 9.47 Å². The van der Waals surface area contributed by atoms with Gasteiger partial charge in [0, 0.05) is 25.0 Å². The van der Waals surface area contributed by atoms with E-state index in [0.29, 0.717) is 56.1 Å². The number of esters is 2. The molecule has 0 heterocycles. The van der Waals surface area contributed by atoms with Gasteiger partial charge in [-0.2, -0.15) is 0 Å². The summed E-state index contributed by atoms with van der Waals surface area (Å²) in [5.41, 5.74) is 0. The van der Waals surface area contributed by atoms with E-state index < -0.39 is 36.4 Å². The van der Waals surface area contributed by atoms with Gasteiger partial charge >= 0.3 is 11.9 Å². The molecule has 4 unspecified atom stereocenters. The van der Waals surface area contributed by atoms with E-state index in [1.807, 2.05) is 12.2 Å². The Morgan fingerprint density at radius 3 is 1.30 bits per heavy atom. The molecule has 0 aliphatic carbocycles. The molecule has 0 radical (unpaired) electrons. The highest BCUT2D eigenvalue weighted by Gasteiger charge is 2.22. The van der Waals surface area contributed by atoms with Crippen LogP contribution in [0.4, 0.5) is 0 Å². The zero-order valence-corrected chi connectivity index (χ0v) is 40.3. The molecule has 0 saturated heterocycles. The molecule has 4 N–H and O–H groups in total. The molecule has 0 aromatic rings. The second-order valence-corrected chi connectivity index (χ2v) is 16.6. The summed E-state index contributed by atoms with van der Waals surface area (Å²) in [6, 6.07) is 0. The number of nitrogens with one attached hydrogen (secondary N) is 2. The summed E-state index contributed by atoms with van der Waals surface area (Å²) >= 11 is 0. The standard InChI is InChI=1S/C48H85N3O8.HI/c1-7-11-25-33-43(58-47(56)9-3)41(52)31-27-21-17-13-15-19-23-29-35-45(54)49-37-39-51(5,6)40-38-50-46(55)36-30-24-20-16-14-18-22-28-32-42(53)44(34-26-12-8-2)59-48(57)10-4;/h9-10,21-22,27-28,41-44,52-53H,3-4,7-8,11-20,23-26,29-40H2,1-2,5-6H3,(H-,49,50,54,55);1H/b27-21+,28-22+;. The van der Waals surface area contributed by atoms with Gasteiger partial charge in [0.25, 0.3) is 0 Å². The average molecular weight is 960 g/mol. The fourth-order valence-corrected chi connectivity index (χ4v) is 6.70. The minimum atomic E-state index is -0.714. The molecule has 12 heteroatoms. The summed E-state index contributed by atoms with van der Waals surface area (Å²) < 4.78 is 11.4. The molecule has 4 atom stereocenters. The van der Waals surface area contributed by atoms with E-state index >= 15 is 0 Å². The number of rotatable bonds is 40. The summed E-state index contributed by atoms with van der Waals surface area (Å²) in [5.74, 6) is -0.801. The maximum Gasteiger partial charge on any atom is 0.330 e. The number of likely N-dealkylation sites (N-methyl/N-ethyl adjacent to an activating group) is 1. The van der Waals surface area contributed by atoms with E-state index in [1.54, 1.807) is 0 Å². The fourth-order valence-electron chi connectivity index (χ4n) is 6.70. The lowest BCUT2D eigenvalue weighted by Crippen LogP contribution is -3.00. The summed E-state index contributed by atoms with van der Waals surface area (Å²) in [5, 5.41) is 27.2. The number of ether oxygens (including phenoxy) is 2. The zero-order chi connectivity index (χ0) is 44.0. The minimum Gasteiger partial charge on any atom is -1.00 e. The number of hydrogen-bond acceptors (Lipinski definition) is 8. The van der Waals surface area contributed by atoms with Crippen LogP contribution in [0.1, 0.15) is 168 Å². The Kier molecular flexibility index (Phi) is 40.2. The van der Waals surface area contributed by atoms with Crippen LogP contribution in [0.3, 0.4) is 0 Å². The number of allylic oxidation sites excluding steroid dienone is 2. The van der Waals surface area contributed by atoms with Crippen LogP contribution in [0.25, 0.3) is 0 Å². The molecule has 348 valence electrons. The van der Waals surface area contributed by atoms with E-state index in [2.05, 4.69) is 63.9 Å². The zero-order valence-electron chi connectivity index (χ0n) is 38.2. The molecule has 0 bridgehead atoms. The molecular formula is C48H86IN3O8. The Hall–Kier alpha value is -2.55. The van der Waals surface area contributed by atoms with Crippen LogP contribution in [-0.2, 0) is 28.7 Å². The normalized spacial score (nSPS) is 13.6. The second kappa shape index (κ2) is 40.5. The lowest BCUT2D eigenvalue weighted by atomic mass is 10.0. The first-order chi connectivity index (χ1) is 28.4. The number of amides is 2. The van der Waals surface area contributed by atoms with Crippen LogP contribution in [0.5, 0.6) is 0 Å². The van der Waals surface area contributed by atoms with E-state index in [1.165, 1.54) is 0 Å². The topological polar surface area (TPSA) is 151 Å². The summed E-state index contributed by atoms with van der Waals surface area (Å²) in [6.07, 6.45) is 29.5. The van der Waals surface area contributed by atoms with Gasteiger partial charge in [-0.1, -0.05) is 116 Å². The molecule has 2 amide bonds. The van der Waals surface area contributed by atoms with E-state index in [-0.39, 0.29) is 35.8 Å². The third-order valence-corrected chi connectivity index (χ3v) is 10.6. The highest BCUT2D eigenvalue weighted by molar-refractivity contribution is 5.81. The number of carbonyl (C=O) groups excluding carboxylic acids is 4. The molecule has 0 spiro atoms. The maximum absolute atomic E-state index is 12.4. The summed E-state index contributed by atoms with van der Waals surface area (Å²) in [6.45, 7) is 13.9. The van der Waals surface area contributed by atoms with Crippen LogP contribution >= 0.6 is 0 Å². The summed E-state index contributed by atoms with van der Waals surface area (Å²) in [4.78, 5) is 48.0. The van der Waals surface area contributed by atoms with Gasteiger partial charge in [0.1, 0.15) is 12.2 Å². The lowest BCUT2D eigenvalue weighted by Gasteiger charge is -2.30. The number of aliphatic hydroxyl groups excluding tert-OH is 2. The van der Waals surface area contributed by atoms with Gasteiger partial charge < -0.3 is 58.8 Å². The molecular weight excluding hydrogens is 873 g/mol. The number of quaternary nitrogens is 1. The van der Waals surface area contributed by atoms with Crippen molar-refractivity contribution in [2.24, 2.45) is 0 Å². The predicted octanol–water partition coefficient (Wildman–Crippen LogP) is 5.73.